The van der Waals surface area contributed by atoms with E-state index in [4.69, 9.17) is 19.4 Å². The first kappa shape index (κ1) is 26.1. The molecule has 0 aromatic carbocycles. The minimum atomic E-state index is -0.346. The monoisotopic (exact) mass is 572 g/mol. The van der Waals surface area contributed by atoms with Crippen LogP contribution in [0.15, 0.2) is 34.7 Å². The number of likely N-dealkylation sites (N-methyl/N-ethyl adjacent to an activating group) is 2. The average molecular weight is 573 g/mol. The molecule has 0 aromatic rings. The molecule has 0 bridgehead atoms. The summed E-state index contributed by atoms with van der Waals surface area (Å²) in [5.74, 6) is 1.53. The van der Waals surface area contributed by atoms with Crippen LogP contribution >= 0.6 is 27.3 Å². The third-order valence-electron chi connectivity index (χ3n) is 7.59. The fourth-order valence-corrected chi connectivity index (χ4v) is 10.8. The SMILES string of the molecule is CC(C)=CC=C1C(=C2N(C)CCN2C)CCC1P(C1CCCC1)C1CCCC1.[Cl][Ru][Cl]. The van der Waals surface area contributed by atoms with Crippen molar-refractivity contribution in [2.75, 3.05) is 27.2 Å². The van der Waals surface area contributed by atoms with Crippen LogP contribution in [0.4, 0.5) is 0 Å². The van der Waals surface area contributed by atoms with Gasteiger partial charge in [0.05, 0.1) is 0 Å². The molecule has 1 unspecified atom stereocenters. The summed E-state index contributed by atoms with van der Waals surface area (Å²) in [7, 11) is 14.4. The molecule has 1 saturated heterocycles. The summed E-state index contributed by atoms with van der Waals surface area (Å²) in [5.41, 5.74) is 7.83. The maximum absolute atomic E-state index is 4.85. The maximum atomic E-state index is 4.85. The van der Waals surface area contributed by atoms with Crippen molar-refractivity contribution in [1.82, 2.24) is 9.80 Å². The van der Waals surface area contributed by atoms with Gasteiger partial charge in [-0.25, -0.2) is 0 Å². The van der Waals surface area contributed by atoms with Crippen molar-refractivity contribution >= 4 is 27.3 Å². The molecule has 6 heteroatoms. The summed E-state index contributed by atoms with van der Waals surface area (Å²) in [6.07, 6.45) is 19.8. The first-order valence-corrected chi connectivity index (χ1v) is 18.1. The van der Waals surface area contributed by atoms with Crippen LogP contribution in [0.3, 0.4) is 0 Å². The molecule has 2 nitrogen and oxygen atoms in total. The molecule has 0 amide bonds. The van der Waals surface area contributed by atoms with Crippen molar-refractivity contribution in [1.29, 1.82) is 0 Å². The third kappa shape index (κ3) is 6.53. The average Bonchev–Trinajstić information content (AvgIpc) is 3.52. The number of hydrogen-bond donors (Lipinski definition) is 0. The Morgan fingerprint density at radius 1 is 0.903 bits per heavy atom. The number of hydrogen-bond acceptors (Lipinski definition) is 2. The van der Waals surface area contributed by atoms with Gasteiger partial charge >= 0.3 is 34.5 Å². The Hall–Kier alpha value is 0.453. The van der Waals surface area contributed by atoms with E-state index in [1.54, 1.807) is 11.1 Å². The van der Waals surface area contributed by atoms with Gasteiger partial charge in [-0.1, -0.05) is 51.3 Å². The van der Waals surface area contributed by atoms with Gasteiger partial charge in [0.2, 0.25) is 0 Å². The van der Waals surface area contributed by atoms with Crippen LogP contribution in [0.25, 0.3) is 0 Å². The predicted octanol–water partition coefficient (Wildman–Crippen LogP) is 7.87. The topological polar surface area (TPSA) is 6.48 Å². The van der Waals surface area contributed by atoms with Gasteiger partial charge < -0.3 is 9.80 Å². The van der Waals surface area contributed by atoms with E-state index in [2.05, 4.69) is 49.9 Å². The quantitative estimate of drug-likeness (QED) is 0.250. The summed E-state index contributed by atoms with van der Waals surface area (Å²) in [6, 6.07) is 0. The van der Waals surface area contributed by atoms with Gasteiger partial charge in [0, 0.05) is 32.8 Å². The first-order chi connectivity index (χ1) is 15.0. The molecular formula is C25H41Cl2N2PRu. The van der Waals surface area contributed by atoms with Crippen molar-refractivity contribution < 1.29 is 15.1 Å². The summed E-state index contributed by atoms with van der Waals surface area (Å²) < 4.78 is 0. The molecule has 3 aliphatic carbocycles. The van der Waals surface area contributed by atoms with E-state index in [1.165, 1.54) is 88.7 Å². The molecule has 0 spiro atoms. The molecule has 0 aromatic heterocycles. The molecule has 1 atom stereocenters. The number of allylic oxidation sites excluding steroid dienone is 5. The van der Waals surface area contributed by atoms with Crippen molar-refractivity contribution in [3.8, 4) is 0 Å². The second kappa shape index (κ2) is 12.8. The van der Waals surface area contributed by atoms with Crippen LogP contribution in [0.5, 0.6) is 0 Å². The van der Waals surface area contributed by atoms with E-state index in [9.17, 15) is 0 Å². The molecule has 0 radical (unpaired) electrons. The first-order valence-electron chi connectivity index (χ1n) is 12.1. The summed E-state index contributed by atoms with van der Waals surface area (Å²) in [5, 5.41) is 0. The van der Waals surface area contributed by atoms with Crippen molar-refractivity contribution in [2.45, 2.75) is 95.0 Å². The Labute approximate surface area is 208 Å². The van der Waals surface area contributed by atoms with Gasteiger partial charge in [0.1, 0.15) is 5.82 Å². The Bertz CT molecular complexity index is 649. The fraction of sp³-hybridized carbons (Fsp3) is 0.760. The molecule has 31 heavy (non-hydrogen) atoms. The second-order valence-electron chi connectivity index (χ2n) is 9.94. The Morgan fingerprint density at radius 3 is 1.84 bits per heavy atom. The van der Waals surface area contributed by atoms with Crippen LogP contribution in [0.1, 0.15) is 78.1 Å². The predicted molar refractivity (Wildman–Crippen MR) is 136 cm³/mol. The van der Waals surface area contributed by atoms with Crippen LogP contribution in [-0.2, 0) is 15.1 Å². The molecule has 4 aliphatic rings. The number of nitrogens with zero attached hydrogens (tertiary/aromatic N) is 2. The van der Waals surface area contributed by atoms with E-state index in [1.807, 2.05) is 0 Å². The number of halogens is 2. The summed E-state index contributed by atoms with van der Waals surface area (Å²) >= 11 is -0.346. The van der Waals surface area contributed by atoms with Gasteiger partial charge in [-0.05, 0) is 74.8 Å². The standard InChI is InChI=1S/C25H41N2P.2ClH.Ru/c1-19(2)13-14-22-23(25-26(3)17-18-27(25)4)15-16-24(22)28(20-9-5-6-10-20)21-11-7-8-12-21;;;/h13-14,20-21,24H,5-12,15-18H2,1-4H3;2*1H;/q;;;+2/p-2. The summed E-state index contributed by atoms with van der Waals surface area (Å²) in [4.78, 5) is 5.03. The number of rotatable bonds is 4. The van der Waals surface area contributed by atoms with Crippen LogP contribution in [0.2, 0.25) is 0 Å². The Morgan fingerprint density at radius 2 is 1.39 bits per heavy atom. The summed E-state index contributed by atoms with van der Waals surface area (Å²) in [6.45, 7) is 6.85. The fourth-order valence-electron chi connectivity index (χ4n) is 6.28. The van der Waals surface area contributed by atoms with Gasteiger partial charge in [0.15, 0.2) is 0 Å². The van der Waals surface area contributed by atoms with Crippen LogP contribution in [0, 0.1) is 0 Å². The zero-order valence-corrected chi connectivity index (χ0v) is 24.0. The van der Waals surface area contributed by atoms with Gasteiger partial charge in [0.25, 0.3) is 0 Å². The third-order valence-corrected chi connectivity index (χ3v) is 11.6. The Kier molecular flexibility index (Phi) is 10.8. The van der Waals surface area contributed by atoms with Gasteiger partial charge in [-0.3, -0.25) is 0 Å². The minimum absolute atomic E-state index is 0.128. The molecule has 1 aliphatic heterocycles. The van der Waals surface area contributed by atoms with Crippen molar-refractivity contribution in [2.24, 2.45) is 0 Å². The molecule has 4 fully saturated rings. The van der Waals surface area contributed by atoms with Crippen molar-refractivity contribution in [3.63, 3.8) is 0 Å². The van der Waals surface area contributed by atoms with Crippen LogP contribution in [-0.4, -0.2) is 54.0 Å². The van der Waals surface area contributed by atoms with E-state index >= 15 is 0 Å². The molecule has 178 valence electrons. The molecule has 0 N–H and O–H groups in total. The molecule has 4 rings (SSSR count). The van der Waals surface area contributed by atoms with Crippen molar-refractivity contribution in [3.05, 3.63) is 34.7 Å². The molecule has 1 heterocycles. The van der Waals surface area contributed by atoms with Gasteiger partial charge in [-0.15, -0.1) is 0 Å². The second-order valence-corrected chi connectivity index (χ2v) is 15.6. The van der Waals surface area contributed by atoms with Gasteiger partial charge in [-0.2, -0.15) is 0 Å². The zero-order valence-electron chi connectivity index (χ0n) is 19.8. The normalized spacial score (nSPS) is 26.5. The van der Waals surface area contributed by atoms with E-state index < -0.39 is 0 Å². The zero-order chi connectivity index (χ0) is 22.4. The molecular weight excluding hydrogens is 531 g/mol. The van der Waals surface area contributed by atoms with Crippen LogP contribution < -0.4 is 0 Å². The van der Waals surface area contributed by atoms with E-state index in [0.717, 1.165) is 17.0 Å². The van der Waals surface area contributed by atoms with E-state index in [-0.39, 0.29) is 23.1 Å². The molecule has 3 saturated carbocycles. The van der Waals surface area contributed by atoms with E-state index in [0.29, 0.717) is 0 Å². The Balaban J connectivity index is 0.000000858.